The monoisotopic (exact) mass is 362 g/mol. The van der Waals surface area contributed by atoms with Gasteiger partial charge >= 0.3 is 0 Å². The number of amides is 1. The number of nitrogens with one attached hydrogen (secondary N) is 1. The van der Waals surface area contributed by atoms with E-state index in [1.165, 1.54) is 0 Å². The first-order valence-electron chi connectivity index (χ1n) is 5.93. The van der Waals surface area contributed by atoms with Gasteiger partial charge in [-0.3, -0.25) is 4.79 Å². The third-order valence-corrected chi connectivity index (χ3v) is 4.90. The van der Waals surface area contributed by atoms with Gasteiger partial charge < -0.3 is 11.1 Å². The topological polar surface area (TPSA) is 55.1 Å². The Morgan fingerprint density at radius 1 is 1.47 bits per heavy atom. The van der Waals surface area contributed by atoms with Crippen LogP contribution in [0.1, 0.15) is 26.7 Å². The smallest absolute Gasteiger partial charge is 0.237 e. The number of anilines is 1. The highest BCUT2D eigenvalue weighted by Crippen LogP contribution is 2.30. The zero-order valence-electron chi connectivity index (χ0n) is 10.8. The first kappa shape index (κ1) is 16.4. The van der Waals surface area contributed by atoms with Crippen molar-refractivity contribution < 1.29 is 4.79 Å². The van der Waals surface area contributed by atoms with E-state index >= 15 is 0 Å². The Morgan fingerprint density at radius 2 is 2.05 bits per heavy atom. The summed E-state index contributed by atoms with van der Waals surface area (Å²) in [6.45, 7) is 3.81. The molecule has 0 aliphatic heterocycles. The molecule has 0 unspecified atom stereocenters. The maximum atomic E-state index is 12.4. The molecule has 19 heavy (non-hydrogen) atoms. The largest absolute Gasteiger partial charge is 0.392 e. The predicted octanol–water partition coefficient (Wildman–Crippen LogP) is 4.13. The van der Waals surface area contributed by atoms with E-state index in [2.05, 4.69) is 21.2 Å². The van der Waals surface area contributed by atoms with Crippen molar-refractivity contribution in [1.29, 1.82) is 0 Å². The van der Waals surface area contributed by atoms with Gasteiger partial charge in [0.2, 0.25) is 5.91 Å². The van der Waals surface area contributed by atoms with Crippen LogP contribution in [0.25, 0.3) is 0 Å². The van der Waals surface area contributed by atoms with Crippen molar-refractivity contribution in [2.24, 2.45) is 11.1 Å². The summed E-state index contributed by atoms with van der Waals surface area (Å²) in [5, 5.41) is 3.43. The van der Waals surface area contributed by atoms with Crippen LogP contribution in [0.15, 0.2) is 22.7 Å². The summed E-state index contributed by atoms with van der Waals surface area (Å²) in [4.78, 5) is 12.6. The predicted molar refractivity (Wildman–Crippen MR) is 87.6 cm³/mol. The Morgan fingerprint density at radius 3 is 2.47 bits per heavy atom. The summed E-state index contributed by atoms with van der Waals surface area (Å²) in [5.74, 6) is -0.181. The number of carbonyl (C=O) groups is 1. The molecule has 0 aliphatic rings. The number of rotatable bonds is 5. The molecule has 3 N–H and O–H groups in total. The normalized spacial score (nSPS) is 11.2. The van der Waals surface area contributed by atoms with Crippen LogP contribution in [0, 0.1) is 5.41 Å². The molecule has 0 aromatic heterocycles. The van der Waals surface area contributed by atoms with Crippen LogP contribution in [-0.4, -0.2) is 10.9 Å². The van der Waals surface area contributed by atoms with E-state index in [0.717, 1.165) is 4.47 Å². The number of nitrogens with two attached hydrogens (primary N) is 1. The van der Waals surface area contributed by atoms with Gasteiger partial charge in [-0.1, -0.05) is 37.7 Å². The number of carbonyl (C=O) groups excluding carboxylic acids is 1. The fraction of sp³-hybridized carbons (Fsp3) is 0.385. The van der Waals surface area contributed by atoms with Gasteiger partial charge in [0.15, 0.2) is 0 Å². The van der Waals surface area contributed by atoms with Gasteiger partial charge in [-0.2, -0.15) is 0 Å². The van der Waals surface area contributed by atoms with Crippen molar-refractivity contribution in [3.8, 4) is 0 Å². The Balaban J connectivity index is 3.00. The van der Waals surface area contributed by atoms with Gasteiger partial charge in [0.25, 0.3) is 0 Å². The molecule has 1 aromatic carbocycles. The molecule has 0 radical (unpaired) electrons. The highest BCUT2D eigenvalue weighted by Gasteiger charge is 2.38. The molecule has 104 valence electrons. The SMILES string of the molecule is CCC(CC)(C(=O)Nc1ccc(Cl)c(Br)c1)C(N)=S. The minimum atomic E-state index is -0.804. The van der Waals surface area contributed by atoms with Crippen molar-refractivity contribution in [2.45, 2.75) is 26.7 Å². The molecule has 0 fully saturated rings. The molecule has 0 saturated heterocycles. The molecule has 1 rings (SSSR count). The fourth-order valence-electron chi connectivity index (χ4n) is 1.86. The molecule has 0 aliphatic carbocycles. The molecular formula is C13H16BrClN2OS. The molecular weight excluding hydrogens is 348 g/mol. The van der Waals surface area contributed by atoms with Gasteiger partial charge in [-0.15, -0.1) is 0 Å². The van der Waals surface area contributed by atoms with Crippen molar-refractivity contribution in [1.82, 2.24) is 0 Å². The zero-order chi connectivity index (χ0) is 14.6. The average molecular weight is 364 g/mol. The number of benzene rings is 1. The molecule has 0 bridgehead atoms. The number of thiocarbonyl (C=S) groups is 1. The zero-order valence-corrected chi connectivity index (χ0v) is 14.0. The van der Waals surface area contributed by atoms with E-state index in [9.17, 15) is 4.79 Å². The van der Waals surface area contributed by atoms with E-state index in [1.807, 2.05) is 13.8 Å². The second kappa shape index (κ2) is 6.68. The second-order valence-corrected chi connectivity index (χ2v) is 5.94. The summed E-state index contributed by atoms with van der Waals surface area (Å²) in [6, 6.07) is 5.19. The molecule has 6 heteroatoms. The van der Waals surface area contributed by atoms with Crippen LogP contribution in [0.2, 0.25) is 5.02 Å². The molecule has 1 amide bonds. The summed E-state index contributed by atoms with van der Waals surface area (Å²) in [6.07, 6.45) is 1.14. The molecule has 1 aromatic rings. The second-order valence-electron chi connectivity index (χ2n) is 4.24. The van der Waals surface area contributed by atoms with Gasteiger partial charge in [0, 0.05) is 10.2 Å². The standard InChI is InChI=1S/C13H16BrClN2OS/c1-3-13(4-2,11(16)19)12(18)17-8-5-6-10(15)9(14)7-8/h5-7H,3-4H2,1-2H3,(H2,16,19)(H,17,18). The molecule has 0 saturated carbocycles. The highest BCUT2D eigenvalue weighted by atomic mass is 79.9. The fourth-order valence-corrected chi connectivity index (χ4v) is 2.73. The minimum Gasteiger partial charge on any atom is -0.392 e. The van der Waals surface area contributed by atoms with Gasteiger partial charge in [-0.25, -0.2) is 0 Å². The third-order valence-electron chi connectivity index (χ3n) is 3.29. The minimum absolute atomic E-state index is 0.181. The molecule has 3 nitrogen and oxygen atoms in total. The lowest BCUT2D eigenvalue weighted by Crippen LogP contribution is -2.45. The van der Waals surface area contributed by atoms with Crippen LogP contribution in [0.5, 0.6) is 0 Å². The van der Waals surface area contributed by atoms with E-state index < -0.39 is 5.41 Å². The van der Waals surface area contributed by atoms with Crippen molar-refractivity contribution in [3.05, 3.63) is 27.7 Å². The van der Waals surface area contributed by atoms with Crippen LogP contribution in [-0.2, 0) is 4.79 Å². The summed E-state index contributed by atoms with van der Waals surface area (Å²) in [7, 11) is 0. The van der Waals surface area contributed by atoms with Gasteiger partial charge in [-0.05, 0) is 47.0 Å². The Bertz CT molecular complexity index is 503. The van der Waals surface area contributed by atoms with Crippen molar-refractivity contribution in [3.63, 3.8) is 0 Å². The lowest BCUT2D eigenvalue weighted by Gasteiger charge is -2.28. The first-order chi connectivity index (χ1) is 8.87. The number of hydrogen-bond acceptors (Lipinski definition) is 2. The Kier molecular flexibility index (Phi) is 5.77. The first-order valence-corrected chi connectivity index (χ1v) is 7.51. The lowest BCUT2D eigenvalue weighted by atomic mass is 9.81. The van der Waals surface area contributed by atoms with E-state index in [1.54, 1.807) is 18.2 Å². The lowest BCUT2D eigenvalue weighted by molar-refractivity contribution is -0.122. The van der Waals surface area contributed by atoms with Crippen LogP contribution in [0.3, 0.4) is 0 Å². The summed E-state index contributed by atoms with van der Waals surface area (Å²) < 4.78 is 0.723. The van der Waals surface area contributed by atoms with E-state index in [-0.39, 0.29) is 10.9 Å². The maximum Gasteiger partial charge on any atom is 0.237 e. The van der Waals surface area contributed by atoms with E-state index in [4.69, 9.17) is 29.6 Å². The molecule has 0 spiro atoms. The Labute approximate surface area is 132 Å². The third kappa shape index (κ3) is 3.46. The molecule has 0 heterocycles. The average Bonchev–Trinajstić information content (AvgIpc) is 2.35. The Hall–Kier alpha value is -0.650. The summed E-state index contributed by atoms with van der Waals surface area (Å²) in [5.41, 5.74) is 5.59. The van der Waals surface area contributed by atoms with E-state index in [0.29, 0.717) is 23.6 Å². The number of hydrogen-bond donors (Lipinski definition) is 2. The van der Waals surface area contributed by atoms with Gasteiger partial charge in [0.05, 0.1) is 15.4 Å². The quantitative estimate of drug-likeness (QED) is 0.773. The molecule has 0 atom stereocenters. The van der Waals surface area contributed by atoms with Crippen LogP contribution in [0.4, 0.5) is 5.69 Å². The highest BCUT2D eigenvalue weighted by molar-refractivity contribution is 9.10. The van der Waals surface area contributed by atoms with Crippen LogP contribution < -0.4 is 11.1 Å². The van der Waals surface area contributed by atoms with Crippen molar-refractivity contribution in [2.75, 3.05) is 5.32 Å². The van der Waals surface area contributed by atoms with Crippen LogP contribution >= 0.6 is 39.7 Å². The number of halogens is 2. The van der Waals surface area contributed by atoms with Gasteiger partial charge in [0.1, 0.15) is 0 Å². The van der Waals surface area contributed by atoms with Crippen molar-refractivity contribution >= 4 is 56.3 Å². The maximum absolute atomic E-state index is 12.4. The summed E-state index contributed by atoms with van der Waals surface area (Å²) >= 11 is 14.3.